The quantitative estimate of drug-likeness (QED) is 0.555. The summed E-state index contributed by atoms with van der Waals surface area (Å²) in [6.45, 7) is 2.18. The standard InChI is InChI=1S/C18H19N3OS.ClH/c1-12-9-14(10-15(20-12)13-5-3-2-4-6-13)18-19-11-17-16(21(18)22)7-8-23-17;/h2-8,11-12,14-15,20H,9-10H2,1H3;1H. The summed E-state index contributed by atoms with van der Waals surface area (Å²) in [5.74, 6) is 0.837. The van der Waals surface area contributed by atoms with E-state index in [0.717, 1.165) is 27.8 Å². The first kappa shape index (κ1) is 17.1. The van der Waals surface area contributed by atoms with E-state index in [1.54, 1.807) is 11.3 Å². The molecule has 0 bridgehead atoms. The number of hydrogen-bond donors (Lipinski definition) is 1. The van der Waals surface area contributed by atoms with Crippen LogP contribution in [-0.4, -0.2) is 11.0 Å². The van der Waals surface area contributed by atoms with Crippen LogP contribution in [0.2, 0.25) is 0 Å². The first-order chi connectivity index (χ1) is 11.2. The zero-order valence-electron chi connectivity index (χ0n) is 13.4. The van der Waals surface area contributed by atoms with E-state index in [4.69, 9.17) is 0 Å². The van der Waals surface area contributed by atoms with Crippen LogP contribution in [0.25, 0.3) is 10.2 Å². The highest BCUT2D eigenvalue weighted by atomic mass is 35.5. The van der Waals surface area contributed by atoms with Gasteiger partial charge in [-0.3, -0.25) is 0 Å². The zero-order valence-corrected chi connectivity index (χ0v) is 15.0. The molecule has 3 heterocycles. The van der Waals surface area contributed by atoms with Gasteiger partial charge in [-0.25, -0.2) is 4.73 Å². The van der Waals surface area contributed by atoms with Crippen LogP contribution in [-0.2, 0) is 0 Å². The van der Waals surface area contributed by atoms with Crippen LogP contribution in [0.4, 0.5) is 0 Å². The number of nitrogens with one attached hydrogen (secondary N) is 1. The molecule has 3 atom stereocenters. The van der Waals surface area contributed by atoms with Gasteiger partial charge in [0.05, 0.1) is 5.92 Å². The van der Waals surface area contributed by atoms with Crippen molar-refractivity contribution in [1.82, 2.24) is 10.3 Å². The van der Waals surface area contributed by atoms with Gasteiger partial charge in [-0.05, 0) is 36.8 Å². The maximum atomic E-state index is 12.7. The number of piperidine rings is 1. The molecule has 24 heavy (non-hydrogen) atoms. The van der Waals surface area contributed by atoms with Gasteiger partial charge in [0.1, 0.15) is 4.70 Å². The van der Waals surface area contributed by atoms with E-state index in [9.17, 15) is 5.21 Å². The molecule has 4 nitrogen and oxygen atoms in total. The highest BCUT2D eigenvalue weighted by Gasteiger charge is 2.33. The summed E-state index contributed by atoms with van der Waals surface area (Å²) in [6.07, 6.45) is 3.68. The number of hydrogen-bond acceptors (Lipinski definition) is 4. The van der Waals surface area contributed by atoms with Gasteiger partial charge < -0.3 is 10.5 Å². The fourth-order valence-corrected chi connectivity index (χ4v) is 4.29. The molecule has 1 aliphatic heterocycles. The first-order valence-electron chi connectivity index (χ1n) is 7.99. The smallest absolute Gasteiger partial charge is 0.305 e. The maximum absolute atomic E-state index is 12.7. The molecule has 126 valence electrons. The lowest BCUT2D eigenvalue weighted by Crippen LogP contribution is -2.43. The predicted octanol–water partition coefficient (Wildman–Crippen LogP) is 3.95. The highest BCUT2D eigenvalue weighted by molar-refractivity contribution is 7.17. The summed E-state index contributed by atoms with van der Waals surface area (Å²) in [6, 6.07) is 13.0. The van der Waals surface area contributed by atoms with E-state index < -0.39 is 0 Å². The topological polar surface area (TPSA) is 51.9 Å². The van der Waals surface area contributed by atoms with Crippen LogP contribution in [0.1, 0.15) is 43.1 Å². The minimum atomic E-state index is 0. The Hall–Kier alpha value is -1.69. The number of thiophene rings is 1. The van der Waals surface area contributed by atoms with Crippen molar-refractivity contribution in [2.24, 2.45) is 0 Å². The number of rotatable bonds is 2. The van der Waals surface area contributed by atoms with Crippen molar-refractivity contribution in [3.05, 3.63) is 64.6 Å². The van der Waals surface area contributed by atoms with Crippen molar-refractivity contribution in [2.45, 2.75) is 37.8 Å². The molecule has 3 unspecified atom stereocenters. The van der Waals surface area contributed by atoms with E-state index in [1.807, 2.05) is 23.7 Å². The van der Waals surface area contributed by atoms with Gasteiger partial charge in [-0.15, -0.1) is 23.7 Å². The average Bonchev–Trinajstić information content (AvgIpc) is 3.05. The SMILES string of the molecule is CC1CC(c2ncc3sccc3[n+]2[O-])CC(c2ccccc2)N1.Cl. The Morgan fingerprint density at radius 1 is 1.21 bits per heavy atom. The lowest BCUT2D eigenvalue weighted by molar-refractivity contribution is -0.591. The molecule has 0 amide bonds. The van der Waals surface area contributed by atoms with Crippen LogP contribution >= 0.6 is 23.7 Å². The highest BCUT2D eigenvalue weighted by Crippen LogP contribution is 2.35. The third-order valence-corrected chi connectivity index (χ3v) is 5.47. The third-order valence-electron chi connectivity index (χ3n) is 4.63. The molecule has 1 saturated heterocycles. The summed E-state index contributed by atoms with van der Waals surface area (Å²) in [5, 5.41) is 18.3. The largest absolute Gasteiger partial charge is 0.710 e. The molecule has 0 radical (unpaired) electrons. The second-order valence-corrected chi connectivity index (χ2v) is 7.23. The van der Waals surface area contributed by atoms with Gasteiger partial charge in [-0.2, -0.15) is 0 Å². The Bertz CT molecular complexity index is 824. The summed E-state index contributed by atoms with van der Waals surface area (Å²) in [5.41, 5.74) is 2.01. The molecule has 1 aliphatic rings. The zero-order chi connectivity index (χ0) is 15.8. The van der Waals surface area contributed by atoms with E-state index >= 15 is 0 Å². The molecule has 4 rings (SSSR count). The molecular formula is C18H20ClN3OS. The minimum absolute atomic E-state index is 0. The van der Waals surface area contributed by atoms with Crippen molar-refractivity contribution in [1.29, 1.82) is 0 Å². The Morgan fingerprint density at radius 3 is 2.79 bits per heavy atom. The van der Waals surface area contributed by atoms with Crippen molar-refractivity contribution in [3.8, 4) is 0 Å². The molecule has 3 aromatic rings. The molecule has 0 saturated carbocycles. The monoisotopic (exact) mass is 361 g/mol. The Morgan fingerprint density at radius 2 is 2.00 bits per heavy atom. The average molecular weight is 362 g/mol. The second kappa shape index (κ2) is 7.05. The van der Waals surface area contributed by atoms with Gasteiger partial charge in [0.25, 0.3) is 0 Å². The molecule has 1 aromatic carbocycles. The molecule has 2 aromatic heterocycles. The lowest BCUT2D eigenvalue weighted by atomic mass is 9.85. The predicted molar refractivity (Wildman–Crippen MR) is 99.6 cm³/mol. The molecule has 0 aliphatic carbocycles. The Kier molecular flexibility index (Phi) is 5.04. The van der Waals surface area contributed by atoms with Gasteiger partial charge in [-0.1, -0.05) is 35.3 Å². The Balaban J connectivity index is 0.00000169. The minimum Gasteiger partial charge on any atom is -0.710 e. The number of nitrogens with zero attached hydrogens (tertiary/aromatic N) is 2. The summed E-state index contributed by atoms with van der Waals surface area (Å²) in [4.78, 5) is 4.50. The van der Waals surface area contributed by atoms with Gasteiger partial charge in [0.2, 0.25) is 0 Å². The fourth-order valence-electron chi connectivity index (χ4n) is 3.57. The van der Waals surface area contributed by atoms with Crippen LogP contribution in [0.15, 0.2) is 48.0 Å². The number of halogens is 1. The second-order valence-electron chi connectivity index (χ2n) is 6.28. The van der Waals surface area contributed by atoms with Gasteiger partial charge >= 0.3 is 5.82 Å². The maximum Gasteiger partial charge on any atom is 0.305 e. The van der Waals surface area contributed by atoms with E-state index in [0.29, 0.717) is 11.9 Å². The van der Waals surface area contributed by atoms with Crippen molar-refractivity contribution >= 4 is 34.0 Å². The first-order valence-corrected chi connectivity index (χ1v) is 8.87. The molecule has 6 heteroatoms. The normalized spacial score (nSPS) is 23.8. The summed E-state index contributed by atoms with van der Waals surface area (Å²) in [7, 11) is 0. The van der Waals surface area contributed by atoms with Crippen molar-refractivity contribution in [3.63, 3.8) is 0 Å². The fraction of sp³-hybridized carbons (Fsp3) is 0.333. The summed E-state index contributed by atoms with van der Waals surface area (Å²) < 4.78 is 1.99. The number of benzene rings is 1. The molecule has 1 fully saturated rings. The van der Waals surface area contributed by atoms with Crippen molar-refractivity contribution in [2.75, 3.05) is 0 Å². The van der Waals surface area contributed by atoms with Crippen molar-refractivity contribution < 1.29 is 4.73 Å². The summed E-state index contributed by atoms with van der Waals surface area (Å²) >= 11 is 1.56. The molecule has 1 N–H and O–H groups in total. The number of fused-ring (bicyclic) bond motifs is 1. The van der Waals surface area contributed by atoms with Crippen LogP contribution < -0.4 is 10.0 Å². The third kappa shape index (κ3) is 3.11. The number of aromatic nitrogens is 2. The molecule has 0 spiro atoms. The lowest BCUT2D eigenvalue weighted by Gasteiger charge is -2.33. The Labute approximate surface area is 151 Å². The van der Waals surface area contributed by atoms with E-state index in [1.165, 1.54) is 5.56 Å². The van der Waals surface area contributed by atoms with Crippen LogP contribution in [0.3, 0.4) is 0 Å². The van der Waals surface area contributed by atoms with Gasteiger partial charge in [0, 0.05) is 12.1 Å². The van der Waals surface area contributed by atoms with E-state index in [-0.39, 0.29) is 24.4 Å². The van der Waals surface area contributed by atoms with E-state index in [2.05, 4.69) is 41.5 Å². The van der Waals surface area contributed by atoms with Crippen LogP contribution in [0.5, 0.6) is 0 Å². The van der Waals surface area contributed by atoms with Crippen LogP contribution in [0, 0.1) is 5.21 Å². The molecular weight excluding hydrogens is 342 g/mol. The van der Waals surface area contributed by atoms with Gasteiger partial charge in [0.15, 0.2) is 11.7 Å².